The Morgan fingerprint density at radius 3 is 2.95 bits per heavy atom. The molecule has 0 radical (unpaired) electrons. The Morgan fingerprint density at radius 1 is 1.47 bits per heavy atom. The number of anilines is 1. The second kappa shape index (κ2) is 6.06. The molecule has 104 valence electrons. The van der Waals surface area contributed by atoms with Crippen molar-refractivity contribution in [3.8, 4) is 0 Å². The van der Waals surface area contributed by atoms with Crippen LogP contribution in [0.15, 0.2) is 18.2 Å². The number of amides is 1. The second-order valence-electron chi connectivity index (χ2n) is 5.00. The Morgan fingerprint density at radius 2 is 2.26 bits per heavy atom. The van der Waals surface area contributed by atoms with Crippen molar-refractivity contribution in [3.63, 3.8) is 0 Å². The topological polar surface area (TPSA) is 49.8 Å². The highest BCUT2D eigenvalue weighted by atomic mass is 16.6. The number of benzene rings is 1. The van der Waals surface area contributed by atoms with E-state index in [0.29, 0.717) is 19.6 Å². The standard InChI is InChI=1S/C15H21NO3/c1-3-13-6-4-5-11(2)14(13)16-9-12(7-8-17)10-19-15(16)18/h4-6,12,17H,3,7-10H2,1-2H3. The predicted octanol–water partition coefficient (Wildman–Crippen LogP) is 2.51. The normalized spacial score (nSPS) is 19.4. The molecule has 19 heavy (non-hydrogen) atoms. The van der Waals surface area contributed by atoms with Gasteiger partial charge < -0.3 is 9.84 Å². The molecule has 1 aliphatic rings. The first-order chi connectivity index (χ1) is 9.17. The highest BCUT2D eigenvalue weighted by Gasteiger charge is 2.29. The van der Waals surface area contributed by atoms with Crippen LogP contribution in [-0.2, 0) is 11.2 Å². The Kier molecular flexibility index (Phi) is 4.43. The lowest BCUT2D eigenvalue weighted by Gasteiger charge is -2.34. The molecule has 4 heteroatoms. The molecule has 0 aliphatic carbocycles. The highest BCUT2D eigenvalue weighted by molar-refractivity contribution is 5.90. The molecule has 1 fully saturated rings. The van der Waals surface area contributed by atoms with Gasteiger partial charge in [0.1, 0.15) is 0 Å². The number of aliphatic hydroxyl groups excluding tert-OH is 1. The van der Waals surface area contributed by atoms with E-state index in [1.54, 1.807) is 4.90 Å². The van der Waals surface area contributed by atoms with E-state index >= 15 is 0 Å². The summed E-state index contributed by atoms with van der Waals surface area (Å²) in [5.74, 6) is 0.201. The minimum absolute atomic E-state index is 0.129. The van der Waals surface area contributed by atoms with E-state index in [0.717, 1.165) is 23.2 Å². The molecule has 1 aromatic carbocycles. The third kappa shape index (κ3) is 2.89. The zero-order valence-corrected chi connectivity index (χ0v) is 11.6. The van der Waals surface area contributed by atoms with Gasteiger partial charge in [-0.1, -0.05) is 25.1 Å². The number of aliphatic hydroxyl groups is 1. The number of carbonyl (C=O) groups is 1. The molecule has 0 saturated carbocycles. The van der Waals surface area contributed by atoms with Crippen molar-refractivity contribution in [2.45, 2.75) is 26.7 Å². The largest absolute Gasteiger partial charge is 0.449 e. The lowest BCUT2D eigenvalue weighted by Crippen LogP contribution is -2.44. The monoisotopic (exact) mass is 263 g/mol. The molecule has 1 atom stereocenters. The first-order valence-electron chi connectivity index (χ1n) is 6.81. The van der Waals surface area contributed by atoms with Gasteiger partial charge in [0.05, 0.1) is 12.3 Å². The second-order valence-corrected chi connectivity index (χ2v) is 5.00. The zero-order chi connectivity index (χ0) is 13.8. The number of nitrogens with zero attached hydrogens (tertiary/aromatic N) is 1. The third-order valence-electron chi connectivity index (χ3n) is 3.61. The molecule has 1 heterocycles. The number of para-hydroxylation sites is 1. The van der Waals surface area contributed by atoms with Crippen molar-refractivity contribution >= 4 is 11.8 Å². The molecule has 1 unspecified atom stereocenters. The number of rotatable bonds is 4. The summed E-state index contributed by atoms with van der Waals surface area (Å²) in [6, 6.07) is 6.07. The molecule has 0 aromatic heterocycles. The number of carbonyl (C=O) groups excluding carboxylic acids is 1. The van der Waals surface area contributed by atoms with Crippen LogP contribution in [0.5, 0.6) is 0 Å². The molecule has 1 N–H and O–H groups in total. The molecule has 4 nitrogen and oxygen atoms in total. The van der Waals surface area contributed by atoms with Crippen LogP contribution in [-0.4, -0.2) is 31.0 Å². The Labute approximate surface area is 114 Å². The quantitative estimate of drug-likeness (QED) is 0.908. The molecule has 1 saturated heterocycles. The summed E-state index contributed by atoms with van der Waals surface area (Å²) in [5.41, 5.74) is 3.21. The van der Waals surface area contributed by atoms with Crippen molar-refractivity contribution in [1.82, 2.24) is 0 Å². The van der Waals surface area contributed by atoms with Gasteiger partial charge in [-0.3, -0.25) is 4.90 Å². The third-order valence-corrected chi connectivity index (χ3v) is 3.61. The fourth-order valence-corrected chi connectivity index (χ4v) is 2.58. The maximum atomic E-state index is 12.0. The van der Waals surface area contributed by atoms with E-state index in [1.165, 1.54) is 0 Å². The van der Waals surface area contributed by atoms with Gasteiger partial charge in [-0.05, 0) is 30.9 Å². The van der Waals surface area contributed by atoms with Gasteiger partial charge in [0.15, 0.2) is 0 Å². The van der Waals surface area contributed by atoms with Crippen molar-refractivity contribution < 1.29 is 14.6 Å². The molecule has 1 aliphatic heterocycles. The van der Waals surface area contributed by atoms with Crippen LogP contribution >= 0.6 is 0 Å². The highest BCUT2D eigenvalue weighted by Crippen LogP contribution is 2.29. The summed E-state index contributed by atoms with van der Waals surface area (Å²) in [6.45, 7) is 5.25. The average Bonchev–Trinajstić information content (AvgIpc) is 2.41. The summed E-state index contributed by atoms with van der Waals surface area (Å²) < 4.78 is 5.24. The van der Waals surface area contributed by atoms with Crippen LogP contribution in [0.2, 0.25) is 0 Å². The van der Waals surface area contributed by atoms with Gasteiger partial charge in [-0.15, -0.1) is 0 Å². The Bertz CT molecular complexity index is 459. The molecule has 0 spiro atoms. The zero-order valence-electron chi connectivity index (χ0n) is 11.6. The maximum absolute atomic E-state index is 12.0. The van der Waals surface area contributed by atoms with E-state index < -0.39 is 0 Å². The minimum Gasteiger partial charge on any atom is -0.449 e. The summed E-state index contributed by atoms with van der Waals surface area (Å²) in [4.78, 5) is 13.7. The number of aryl methyl sites for hydroxylation is 2. The first-order valence-corrected chi connectivity index (χ1v) is 6.81. The Balaban J connectivity index is 2.30. The van der Waals surface area contributed by atoms with E-state index in [-0.39, 0.29) is 18.6 Å². The van der Waals surface area contributed by atoms with Gasteiger partial charge in [-0.25, -0.2) is 4.79 Å². The van der Waals surface area contributed by atoms with Crippen LogP contribution < -0.4 is 4.90 Å². The average molecular weight is 263 g/mol. The number of cyclic esters (lactones) is 1. The molecule has 1 aromatic rings. The summed E-state index contributed by atoms with van der Waals surface area (Å²) in [7, 11) is 0. The van der Waals surface area contributed by atoms with Crippen LogP contribution in [0.25, 0.3) is 0 Å². The van der Waals surface area contributed by atoms with E-state index in [1.807, 2.05) is 25.1 Å². The van der Waals surface area contributed by atoms with Crippen LogP contribution in [0.3, 0.4) is 0 Å². The van der Waals surface area contributed by atoms with E-state index in [2.05, 4.69) is 6.92 Å². The maximum Gasteiger partial charge on any atom is 0.414 e. The summed E-state index contributed by atoms with van der Waals surface area (Å²) >= 11 is 0. The Hall–Kier alpha value is -1.55. The van der Waals surface area contributed by atoms with Gasteiger partial charge in [0, 0.05) is 19.1 Å². The van der Waals surface area contributed by atoms with Crippen molar-refractivity contribution in [3.05, 3.63) is 29.3 Å². The van der Waals surface area contributed by atoms with Crippen LogP contribution in [0, 0.1) is 12.8 Å². The number of hydrogen-bond donors (Lipinski definition) is 1. The van der Waals surface area contributed by atoms with Gasteiger partial charge in [0.25, 0.3) is 0 Å². The fourth-order valence-electron chi connectivity index (χ4n) is 2.58. The fraction of sp³-hybridized carbons (Fsp3) is 0.533. The number of ether oxygens (including phenoxy) is 1. The van der Waals surface area contributed by atoms with Crippen molar-refractivity contribution in [1.29, 1.82) is 0 Å². The predicted molar refractivity (Wildman–Crippen MR) is 74.4 cm³/mol. The molecular weight excluding hydrogens is 242 g/mol. The lowest BCUT2D eigenvalue weighted by molar-refractivity contribution is 0.104. The summed E-state index contributed by atoms with van der Waals surface area (Å²) in [6.07, 6.45) is 1.26. The SMILES string of the molecule is CCc1cccc(C)c1N1CC(CCO)COC1=O. The first kappa shape index (κ1) is 13.9. The molecular formula is C15H21NO3. The smallest absolute Gasteiger partial charge is 0.414 e. The van der Waals surface area contributed by atoms with Crippen molar-refractivity contribution in [2.24, 2.45) is 5.92 Å². The van der Waals surface area contributed by atoms with E-state index in [9.17, 15) is 4.79 Å². The van der Waals surface area contributed by atoms with Crippen molar-refractivity contribution in [2.75, 3.05) is 24.7 Å². The van der Waals surface area contributed by atoms with Gasteiger partial charge in [-0.2, -0.15) is 0 Å². The summed E-state index contributed by atoms with van der Waals surface area (Å²) in [5, 5.41) is 9.04. The molecule has 0 bridgehead atoms. The lowest BCUT2D eigenvalue weighted by atomic mass is 10.0. The van der Waals surface area contributed by atoms with E-state index in [4.69, 9.17) is 9.84 Å². The molecule has 2 rings (SSSR count). The number of hydrogen-bond acceptors (Lipinski definition) is 3. The van der Waals surface area contributed by atoms with Crippen LogP contribution in [0.1, 0.15) is 24.5 Å². The van der Waals surface area contributed by atoms with Gasteiger partial charge >= 0.3 is 6.09 Å². The minimum atomic E-state index is -0.279. The van der Waals surface area contributed by atoms with Gasteiger partial charge in [0.2, 0.25) is 0 Å². The molecule has 1 amide bonds. The van der Waals surface area contributed by atoms with Crippen LogP contribution in [0.4, 0.5) is 10.5 Å².